The topological polar surface area (TPSA) is 64.4 Å². The average molecular weight is 529 g/mol. The molecule has 3 rings (SSSR count). The first-order chi connectivity index (χ1) is 17.3. The molecule has 3 aromatic rings. The van der Waals surface area contributed by atoms with Crippen molar-refractivity contribution >= 4 is 16.8 Å². The van der Waals surface area contributed by atoms with E-state index in [4.69, 9.17) is 4.74 Å². The van der Waals surface area contributed by atoms with Crippen LogP contribution in [0.15, 0.2) is 47.3 Å². The van der Waals surface area contributed by atoms with Gasteiger partial charge in [0.2, 0.25) is 0 Å². The Morgan fingerprint density at radius 3 is 2.14 bits per heavy atom. The van der Waals surface area contributed by atoms with Gasteiger partial charge in [-0.1, -0.05) is 19.1 Å². The molecule has 0 radical (unpaired) electrons. The molecule has 12 heteroatoms. The Hall–Kier alpha value is -3.41. The number of para-hydroxylation sites is 1. The van der Waals surface area contributed by atoms with Gasteiger partial charge in [0.05, 0.1) is 41.2 Å². The molecule has 1 atom stereocenters. The summed E-state index contributed by atoms with van der Waals surface area (Å²) in [7, 11) is 1.43. The van der Waals surface area contributed by atoms with Crippen LogP contribution in [0.1, 0.15) is 53.6 Å². The molecule has 1 amide bonds. The van der Waals surface area contributed by atoms with E-state index >= 15 is 0 Å². The quantitative estimate of drug-likeness (QED) is 0.352. The minimum absolute atomic E-state index is 0.0301. The summed E-state index contributed by atoms with van der Waals surface area (Å²) in [6.07, 6.45) is -10.0. The van der Waals surface area contributed by atoms with E-state index < -0.39 is 46.6 Å². The maximum atomic E-state index is 13.4. The summed E-state index contributed by atoms with van der Waals surface area (Å²) < 4.78 is 86.7. The fourth-order valence-corrected chi connectivity index (χ4v) is 4.13. The van der Waals surface area contributed by atoms with Crippen LogP contribution in [0.2, 0.25) is 0 Å². The van der Waals surface area contributed by atoms with E-state index in [-0.39, 0.29) is 38.0 Å². The van der Waals surface area contributed by atoms with Crippen molar-refractivity contribution in [2.45, 2.75) is 45.2 Å². The maximum Gasteiger partial charge on any atom is 0.416 e. The molecule has 1 unspecified atom stereocenters. The van der Waals surface area contributed by atoms with Crippen LogP contribution in [-0.2, 0) is 23.6 Å². The number of carbonyl (C=O) groups excluding carboxylic acids is 1. The number of hydrogen-bond acceptors (Lipinski definition) is 4. The van der Waals surface area contributed by atoms with Crippen molar-refractivity contribution < 1.29 is 35.9 Å². The number of fused-ring (bicyclic) bond motifs is 1. The first-order valence-corrected chi connectivity index (χ1v) is 11.4. The zero-order valence-electron chi connectivity index (χ0n) is 20.3. The van der Waals surface area contributed by atoms with Crippen molar-refractivity contribution in [3.8, 4) is 0 Å². The number of alkyl halides is 6. The molecular formula is C25H25F6N3O3. The molecule has 0 saturated heterocycles. The summed E-state index contributed by atoms with van der Waals surface area (Å²) in [6.45, 7) is 3.35. The van der Waals surface area contributed by atoms with Gasteiger partial charge < -0.3 is 9.64 Å². The normalized spacial score (nSPS) is 13.1. The Bertz CT molecular complexity index is 1300. The van der Waals surface area contributed by atoms with E-state index in [2.05, 4.69) is 4.98 Å². The van der Waals surface area contributed by atoms with Crippen LogP contribution in [-0.4, -0.2) is 40.6 Å². The van der Waals surface area contributed by atoms with Gasteiger partial charge >= 0.3 is 12.4 Å². The molecule has 6 nitrogen and oxygen atoms in total. The van der Waals surface area contributed by atoms with E-state index in [0.29, 0.717) is 23.0 Å². The number of benzene rings is 2. The number of ether oxygens (including phenoxy) is 1. The summed E-state index contributed by atoms with van der Waals surface area (Å²) in [5.41, 5.74) is -4.00. The zero-order valence-corrected chi connectivity index (χ0v) is 20.3. The van der Waals surface area contributed by atoms with Crippen LogP contribution in [0.25, 0.3) is 10.9 Å². The van der Waals surface area contributed by atoms with E-state index in [1.807, 2.05) is 0 Å². The zero-order chi connectivity index (χ0) is 27.5. The second kappa shape index (κ2) is 10.9. The highest BCUT2D eigenvalue weighted by Crippen LogP contribution is 2.37. The van der Waals surface area contributed by atoms with Crippen molar-refractivity contribution in [3.63, 3.8) is 0 Å². The number of nitrogens with zero attached hydrogens (tertiary/aromatic N) is 3. The average Bonchev–Trinajstić information content (AvgIpc) is 2.85. The van der Waals surface area contributed by atoms with Crippen molar-refractivity contribution in [2.24, 2.45) is 0 Å². The van der Waals surface area contributed by atoms with Gasteiger partial charge in [0, 0.05) is 19.2 Å². The second-order valence-corrected chi connectivity index (χ2v) is 8.25. The minimum atomic E-state index is -5.10. The van der Waals surface area contributed by atoms with Gasteiger partial charge in [-0.15, -0.1) is 0 Å². The monoisotopic (exact) mass is 529 g/mol. The van der Waals surface area contributed by atoms with Crippen molar-refractivity contribution in [2.75, 3.05) is 20.3 Å². The molecule has 1 heterocycles. The predicted octanol–water partition coefficient (Wildman–Crippen LogP) is 5.69. The predicted molar refractivity (Wildman–Crippen MR) is 124 cm³/mol. The standard InChI is InChI=1S/C25H25F6N3O3/c1-4-20(21-32-19-9-7-6-8-18(19)23(36)34(21)10-11-37-3)33(5-2)22(35)15-12-16(24(26,27)28)14-17(13-15)25(29,30)31/h6-9,12-14,20H,4-5,10-11H2,1-3H3. The lowest BCUT2D eigenvalue weighted by molar-refractivity contribution is -0.143. The largest absolute Gasteiger partial charge is 0.416 e. The highest BCUT2D eigenvalue weighted by molar-refractivity contribution is 5.95. The van der Waals surface area contributed by atoms with Gasteiger partial charge in [-0.25, -0.2) is 4.98 Å². The van der Waals surface area contributed by atoms with E-state index in [1.165, 1.54) is 18.6 Å². The number of methoxy groups -OCH3 is 1. The molecule has 0 aliphatic carbocycles. The second-order valence-electron chi connectivity index (χ2n) is 8.25. The molecule has 0 N–H and O–H groups in total. The maximum absolute atomic E-state index is 13.4. The molecular weight excluding hydrogens is 504 g/mol. The third-order valence-corrected chi connectivity index (χ3v) is 5.91. The Morgan fingerprint density at radius 2 is 1.62 bits per heavy atom. The van der Waals surface area contributed by atoms with Crippen LogP contribution >= 0.6 is 0 Å². The van der Waals surface area contributed by atoms with Crippen LogP contribution in [0.4, 0.5) is 26.3 Å². The van der Waals surface area contributed by atoms with Gasteiger partial charge in [-0.3, -0.25) is 14.2 Å². The molecule has 0 aliphatic rings. The molecule has 200 valence electrons. The SMILES string of the molecule is CCC(c1nc2ccccc2c(=O)n1CCOC)N(CC)C(=O)c1cc(C(F)(F)F)cc(C(F)(F)F)c1. The Balaban J connectivity index is 2.19. The number of halogens is 6. The van der Waals surface area contributed by atoms with Gasteiger partial charge in [-0.2, -0.15) is 26.3 Å². The summed E-state index contributed by atoms with van der Waals surface area (Å²) in [5.74, 6) is -0.895. The van der Waals surface area contributed by atoms with Gasteiger partial charge in [-0.05, 0) is 43.7 Å². The molecule has 0 fully saturated rings. The van der Waals surface area contributed by atoms with Crippen molar-refractivity contribution in [3.05, 3.63) is 75.3 Å². The molecule has 0 bridgehead atoms. The van der Waals surface area contributed by atoms with Crippen LogP contribution in [0.3, 0.4) is 0 Å². The Kier molecular flexibility index (Phi) is 8.31. The molecule has 2 aromatic carbocycles. The third-order valence-electron chi connectivity index (χ3n) is 5.91. The fourth-order valence-electron chi connectivity index (χ4n) is 4.13. The smallest absolute Gasteiger partial charge is 0.383 e. The van der Waals surface area contributed by atoms with E-state index in [0.717, 1.165) is 4.90 Å². The minimum Gasteiger partial charge on any atom is -0.383 e. The molecule has 0 spiro atoms. The highest BCUT2D eigenvalue weighted by Gasteiger charge is 2.38. The number of rotatable bonds is 8. The first kappa shape index (κ1) is 28.2. The van der Waals surface area contributed by atoms with E-state index in [1.54, 1.807) is 31.2 Å². The van der Waals surface area contributed by atoms with Crippen LogP contribution in [0, 0.1) is 0 Å². The molecule has 1 aromatic heterocycles. The number of carbonyl (C=O) groups is 1. The lowest BCUT2D eigenvalue weighted by atomic mass is 10.0. The van der Waals surface area contributed by atoms with Crippen LogP contribution in [0.5, 0.6) is 0 Å². The van der Waals surface area contributed by atoms with Crippen LogP contribution < -0.4 is 5.56 Å². The van der Waals surface area contributed by atoms with Crippen molar-refractivity contribution in [1.82, 2.24) is 14.5 Å². The summed E-state index contributed by atoms with van der Waals surface area (Å²) in [6, 6.07) is 6.38. The van der Waals surface area contributed by atoms with Gasteiger partial charge in [0.1, 0.15) is 5.82 Å². The summed E-state index contributed by atoms with van der Waals surface area (Å²) in [5, 5.41) is 0.319. The third kappa shape index (κ3) is 5.95. The van der Waals surface area contributed by atoms with Gasteiger partial charge in [0.25, 0.3) is 11.5 Å². The highest BCUT2D eigenvalue weighted by atomic mass is 19.4. The number of aromatic nitrogens is 2. The molecule has 0 saturated carbocycles. The number of amides is 1. The molecule has 0 aliphatic heterocycles. The molecule has 37 heavy (non-hydrogen) atoms. The number of hydrogen-bond donors (Lipinski definition) is 0. The first-order valence-electron chi connectivity index (χ1n) is 11.4. The lowest BCUT2D eigenvalue weighted by Gasteiger charge is -2.32. The van der Waals surface area contributed by atoms with Crippen molar-refractivity contribution in [1.29, 1.82) is 0 Å². The Labute approximate surface area is 208 Å². The van der Waals surface area contributed by atoms with E-state index in [9.17, 15) is 35.9 Å². The lowest BCUT2D eigenvalue weighted by Crippen LogP contribution is -2.39. The summed E-state index contributed by atoms with van der Waals surface area (Å²) >= 11 is 0. The fraction of sp³-hybridized carbons (Fsp3) is 0.400. The Morgan fingerprint density at radius 1 is 1.03 bits per heavy atom. The van der Waals surface area contributed by atoms with Gasteiger partial charge in [0.15, 0.2) is 0 Å². The summed E-state index contributed by atoms with van der Waals surface area (Å²) in [4.78, 5) is 32.4.